The largest absolute Gasteiger partial charge is 0.313 e. The molecular formula is C15H29N5S. The van der Waals surface area contributed by atoms with E-state index in [4.69, 9.17) is 0 Å². The summed E-state index contributed by atoms with van der Waals surface area (Å²) in [5, 5.41) is 17.1. The third kappa shape index (κ3) is 4.42. The predicted octanol–water partition coefficient (Wildman–Crippen LogP) is 2.89. The van der Waals surface area contributed by atoms with E-state index in [1.54, 1.807) is 4.68 Å². The second-order valence-electron chi connectivity index (χ2n) is 7.18. The van der Waals surface area contributed by atoms with Crippen molar-refractivity contribution in [2.75, 3.05) is 6.54 Å². The van der Waals surface area contributed by atoms with Crippen LogP contribution in [-0.2, 0) is 7.05 Å². The number of nitrogens with one attached hydrogen (secondary N) is 1. The van der Waals surface area contributed by atoms with Gasteiger partial charge in [0.2, 0.25) is 5.16 Å². The van der Waals surface area contributed by atoms with Gasteiger partial charge in [-0.25, -0.2) is 4.68 Å². The summed E-state index contributed by atoms with van der Waals surface area (Å²) < 4.78 is 1.78. The maximum atomic E-state index is 4.15. The summed E-state index contributed by atoms with van der Waals surface area (Å²) in [6.45, 7) is 10.4. The van der Waals surface area contributed by atoms with Crippen molar-refractivity contribution in [3.8, 4) is 0 Å². The maximum absolute atomic E-state index is 4.15. The summed E-state index contributed by atoms with van der Waals surface area (Å²) in [4.78, 5) is 0. The summed E-state index contributed by atoms with van der Waals surface area (Å²) in [6, 6.07) is 0.574. The van der Waals surface area contributed by atoms with Crippen molar-refractivity contribution in [1.82, 2.24) is 25.5 Å². The van der Waals surface area contributed by atoms with Crippen LogP contribution in [0.2, 0.25) is 0 Å². The Hall–Kier alpha value is -0.620. The molecule has 1 aromatic rings. The summed E-state index contributed by atoms with van der Waals surface area (Å²) in [5.74, 6) is 0.774. The molecule has 0 aliphatic heterocycles. The first kappa shape index (κ1) is 16.7. The Morgan fingerprint density at radius 1 is 1.33 bits per heavy atom. The molecule has 0 spiro atoms. The first-order chi connectivity index (χ1) is 9.91. The maximum Gasteiger partial charge on any atom is 0.209 e. The van der Waals surface area contributed by atoms with Gasteiger partial charge >= 0.3 is 0 Å². The van der Waals surface area contributed by atoms with E-state index in [-0.39, 0.29) is 0 Å². The van der Waals surface area contributed by atoms with Crippen molar-refractivity contribution < 1.29 is 0 Å². The molecule has 1 fully saturated rings. The molecule has 1 aromatic heterocycles. The molecule has 0 bridgehead atoms. The standard InChI is InChI=1S/C15H29N5S/c1-6-9-16-12-8-7-11(15(2,3)4)10-13(12)21-14-17-18-19-20(14)5/h11-13,16H,6-10H2,1-5H3. The number of aromatic nitrogens is 4. The van der Waals surface area contributed by atoms with E-state index < -0.39 is 0 Å². The van der Waals surface area contributed by atoms with E-state index in [2.05, 4.69) is 48.5 Å². The monoisotopic (exact) mass is 311 g/mol. The highest BCUT2D eigenvalue weighted by molar-refractivity contribution is 7.99. The fraction of sp³-hybridized carbons (Fsp3) is 0.933. The normalized spacial score (nSPS) is 27.0. The zero-order valence-electron chi connectivity index (χ0n) is 14.0. The van der Waals surface area contributed by atoms with Gasteiger partial charge in [0.1, 0.15) is 0 Å². The number of thioether (sulfide) groups is 1. The van der Waals surface area contributed by atoms with Gasteiger partial charge in [0.25, 0.3) is 0 Å². The number of hydrogen-bond acceptors (Lipinski definition) is 5. The molecule has 0 saturated heterocycles. The quantitative estimate of drug-likeness (QED) is 0.906. The van der Waals surface area contributed by atoms with E-state index in [0.29, 0.717) is 16.7 Å². The van der Waals surface area contributed by atoms with Gasteiger partial charge in [0, 0.05) is 18.3 Å². The van der Waals surface area contributed by atoms with Crippen molar-refractivity contribution in [1.29, 1.82) is 0 Å². The van der Waals surface area contributed by atoms with Crippen LogP contribution in [0.1, 0.15) is 53.4 Å². The summed E-state index contributed by atoms with van der Waals surface area (Å²) in [6.07, 6.45) is 4.99. The number of aryl methyl sites for hydroxylation is 1. The fourth-order valence-electron chi connectivity index (χ4n) is 3.07. The molecule has 1 aliphatic rings. The van der Waals surface area contributed by atoms with E-state index >= 15 is 0 Å². The predicted molar refractivity (Wildman–Crippen MR) is 87.3 cm³/mol. The van der Waals surface area contributed by atoms with Gasteiger partial charge < -0.3 is 5.32 Å². The fourth-order valence-corrected chi connectivity index (χ4v) is 4.33. The molecule has 5 nitrogen and oxygen atoms in total. The Morgan fingerprint density at radius 3 is 2.67 bits per heavy atom. The zero-order chi connectivity index (χ0) is 15.5. The van der Waals surface area contributed by atoms with Crippen LogP contribution in [0.15, 0.2) is 5.16 Å². The molecule has 3 unspecified atom stereocenters. The van der Waals surface area contributed by atoms with Crippen LogP contribution >= 0.6 is 11.8 Å². The summed E-state index contributed by atoms with van der Waals surface area (Å²) in [5.41, 5.74) is 0.382. The van der Waals surface area contributed by atoms with Gasteiger partial charge in [0.05, 0.1) is 0 Å². The molecule has 120 valence electrons. The Balaban J connectivity index is 2.07. The molecule has 0 aromatic carbocycles. The number of rotatable bonds is 5. The van der Waals surface area contributed by atoms with Crippen LogP contribution in [0, 0.1) is 11.3 Å². The molecule has 1 saturated carbocycles. The smallest absolute Gasteiger partial charge is 0.209 e. The van der Waals surface area contributed by atoms with Crippen LogP contribution in [0.3, 0.4) is 0 Å². The molecule has 0 amide bonds. The Kier molecular flexibility index (Phi) is 5.66. The topological polar surface area (TPSA) is 55.6 Å². The number of tetrazole rings is 1. The second-order valence-corrected chi connectivity index (χ2v) is 8.38. The third-order valence-electron chi connectivity index (χ3n) is 4.51. The van der Waals surface area contributed by atoms with Crippen LogP contribution in [0.25, 0.3) is 0 Å². The number of hydrogen-bond donors (Lipinski definition) is 1. The Morgan fingerprint density at radius 2 is 2.10 bits per heavy atom. The molecule has 2 rings (SSSR count). The van der Waals surface area contributed by atoms with Gasteiger partial charge in [-0.1, -0.05) is 39.5 Å². The summed E-state index contributed by atoms with van der Waals surface area (Å²) in [7, 11) is 1.92. The van der Waals surface area contributed by atoms with Crippen molar-refractivity contribution in [3.63, 3.8) is 0 Å². The lowest BCUT2D eigenvalue weighted by Crippen LogP contribution is -2.45. The highest BCUT2D eigenvalue weighted by atomic mass is 32.2. The molecule has 0 radical (unpaired) electrons. The van der Waals surface area contributed by atoms with E-state index in [0.717, 1.165) is 17.6 Å². The van der Waals surface area contributed by atoms with Crippen molar-refractivity contribution in [2.45, 2.75) is 69.8 Å². The Labute approximate surface area is 132 Å². The summed E-state index contributed by atoms with van der Waals surface area (Å²) >= 11 is 1.84. The van der Waals surface area contributed by atoms with Gasteiger partial charge in [-0.2, -0.15) is 0 Å². The average Bonchev–Trinajstić information content (AvgIpc) is 2.82. The van der Waals surface area contributed by atoms with Gasteiger partial charge in [-0.05, 0) is 54.0 Å². The van der Waals surface area contributed by atoms with E-state index in [1.807, 2.05) is 18.8 Å². The Bertz CT molecular complexity index is 440. The van der Waals surface area contributed by atoms with Crippen LogP contribution in [0.5, 0.6) is 0 Å². The van der Waals surface area contributed by atoms with E-state index in [9.17, 15) is 0 Å². The number of nitrogens with zero attached hydrogens (tertiary/aromatic N) is 4. The lowest BCUT2D eigenvalue weighted by molar-refractivity contribution is 0.165. The first-order valence-corrected chi connectivity index (χ1v) is 8.92. The molecular weight excluding hydrogens is 282 g/mol. The van der Waals surface area contributed by atoms with Crippen LogP contribution in [0.4, 0.5) is 0 Å². The van der Waals surface area contributed by atoms with Gasteiger partial charge in [-0.15, -0.1) is 5.10 Å². The van der Waals surface area contributed by atoms with Gasteiger partial charge in [0.15, 0.2) is 0 Å². The molecule has 1 heterocycles. The minimum absolute atomic E-state index is 0.382. The SMILES string of the molecule is CCCNC1CCC(C(C)(C)C)CC1Sc1nnnn1C. The van der Waals surface area contributed by atoms with Crippen molar-refractivity contribution >= 4 is 11.8 Å². The van der Waals surface area contributed by atoms with Gasteiger partial charge in [-0.3, -0.25) is 0 Å². The zero-order valence-corrected chi connectivity index (χ0v) is 14.8. The molecule has 1 aliphatic carbocycles. The highest BCUT2D eigenvalue weighted by Crippen LogP contribution is 2.42. The first-order valence-electron chi connectivity index (χ1n) is 8.04. The van der Waals surface area contributed by atoms with Crippen LogP contribution < -0.4 is 5.32 Å². The highest BCUT2D eigenvalue weighted by Gasteiger charge is 2.36. The van der Waals surface area contributed by atoms with Crippen molar-refractivity contribution in [3.05, 3.63) is 0 Å². The average molecular weight is 311 g/mol. The second kappa shape index (κ2) is 7.09. The van der Waals surface area contributed by atoms with Crippen LogP contribution in [-0.4, -0.2) is 38.0 Å². The third-order valence-corrected chi connectivity index (χ3v) is 5.89. The lowest BCUT2D eigenvalue weighted by Gasteiger charge is -2.41. The molecule has 6 heteroatoms. The van der Waals surface area contributed by atoms with Crippen molar-refractivity contribution in [2.24, 2.45) is 18.4 Å². The lowest BCUT2D eigenvalue weighted by atomic mass is 9.71. The minimum Gasteiger partial charge on any atom is -0.313 e. The molecule has 1 N–H and O–H groups in total. The molecule has 3 atom stereocenters. The van der Waals surface area contributed by atoms with E-state index in [1.165, 1.54) is 25.7 Å². The minimum atomic E-state index is 0.382. The molecule has 21 heavy (non-hydrogen) atoms.